The zero-order valence-corrected chi connectivity index (χ0v) is 28.1. The van der Waals surface area contributed by atoms with Gasteiger partial charge in [0.2, 0.25) is 0 Å². The van der Waals surface area contributed by atoms with E-state index in [1.807, 2.05) is 13.8 Å². The minimum absolute atomic E-state index is 0.0168. The maximum absolute atomic E-state index is 13.0. The van der Waals surface area contributed by atoms with Crippen molar-refractivity contribution in [1.82, 2.24) is 0 Å². The van der Waals surface area contributed by atoms with Crippen LogP contribution in [0.25, 0.3) is 0 Å². The predicted octanol–water partition coefficient (Wildman–Crippen LogP) is 5.64. The third-order valence-corrected chi connectivity index (χ3v) is 16.1. The van der Waals surface area contributed by atoms with Crippen LogP contribution in [0.15, 0.2) is 64.4 Å². The Morgan fingerprint density at radius 3 is 2.15 bits per heavy atom. The summed E-state index contributed by atoms with van der Waals surface area (Å²) in [7, 11) is -10.0. The van der Waals surface area contributed by atoms with Gasteiger partial charge in [0, 0.05) is 0 Å². The molecule has 2 aromatic carbocycles. The molecule has 11 heteroatoms. The van der Waals surface area contributed by atoms with E-state index in [0.717, 1.165) is 5.56 Å². The van der Waals surface area contributed by atoms with Gasteiger partial charge in [-0.05, 0) is 82.4 Å². The lowest BCUT2D eigenvalue weighted by Crippen LogP contribution is -2.54. The van der Waals surface area contributed by atoms with E-state index in [9.17, 15) is 21.9 Å². The van der Waals surface area contributed by atoms with E-state index < -0.39 is 51.7 Å². The largest absolute Gasteiger partial charge is 0.409 e. The first kappa shape index (κ1) is 33.9. The molecule has 0 radical (unpaired) electrons. The molecule has 0 amide bonds. The van der Waals surface area contributed by atoms with Crippen molar-refractivity contribution in [3.63, 3.8) is 0 Å². The highest BCUT2D eigenvalue weighted by Crippen LogP contribution is 2.44. The molecule has 1 heterocycles. The van der Waals surface area contributed by atoms with E-state index >= 15 is 0 Å². The molecule has 1 fully saturated rings. The van der Waals surface area contributed by atoms with Crippen molar-refractivity contribution in [2.24, 2.45) is 0 Å². The van der Waals surface area contributed by atoms with Crippen LogP contribution in [-0.2, 0) is 33.3 Å². The molecule has 0 saturated carbocycles. The maximum Gasteiger partial charge on any atom is 0.297 e. The molecular formula is C30H46O8S2Si. The topological polar surface area (TPSA) is 116 Å². The smallest absolute Gasteiger partial charge is 0.297 e. The van der Waals surface area contributed by atoms with Crippen molar-refractivity contribution in [3.8, 4) is 0 Å². The second-order valence-electron chi connectivity index (χ2n) is 13.1. The molecular weight excluding hydrogens is 581 g/mol. The van der Waals surface area contributed by atoms with E-state index in [0.29, 0.717) is 12.8 Å². The lowest BCUT2D eigenvalue weighted by molar-refractivity contribution is -0.160. The van der Waals surface area contributed by atoms with Crippen molar-refractivity contribution < 1.29 is 35.3 Å². The lowest BCUT2D eigenvalue weighted by Gasteiger charge is -2.44. The zero-order valence-electron chi connectivity index (χ0n) is 25.5. The summed E-state index contributed by atoms with van der Waals surface area (Å²) < 4.78 is 70.6. The normalized spacial score (nSPS) is 22.8. The van der Waals surface area contributed by atoms with Gasteiger partial charge in [-0.25, -0.2) is 8.42 Å². The van der Waals surface area contributed by atoms with Crippen LogP contribution in [-0.4, -0.2) is 66.0 Å². The Labute approximate surface area is 247 Å². The molecule has 2 aromatic rings. The van der Waals surface area contributed by atoms with Gasteiger partial charge in [0.25, 0.3) is 10.1 Å². The second-order valence-corrected chi connectivity index (χ2v) is 21.6. The Hall–Kier alpha value is -1.60. The van der Waals surface area contributed by atoms with Crippen LogP contribution < -0.4 is 0 Å². The second kappa shape index (κ2) is 12.2. The van der Waals surface area contributed by atoms with Crippen molar-refractivity contribution in [3.05, 3.63) is 60.2 Å². The number of sulfone groups is 1. The molecule has 1 aliphatic rings. The molecule has 0 unspecified atom stereocenters. The first-order valence-electron chi connectivity index (χ1n) is 14.0. The summed E-state index contributed by atoms with van der Waals surface area (Å²) in [6.07, 6.45) is -0.490. The number of rotatable bonds is 12. The minimum Gasteiger partial charge on any atom is -0.409 e. The summed E-state index contributed by atoms with van der Waals surface area (Å²) in [5.41, 5.74) is -1.47. The molecule has 1 saturated heterocycles. The minimum atomic E-state index is -4.05. The van der Waals surface area contributed by atoms with Gasteiger partial charge >= 0.3 is 0 Å². The molecule has 0 aromatic heterocycles. The fourth-order valence-electron chi connectivity index (χ4n) is 4.57. The monoisotopic (exact) mass is 626 g/mol. The van der Waals surface area contributed by atoms with Gasteiger partial charge in [-0.1, -0.05) is 56.7 Å². The van der Waals surface area contributed by atoms with Crippen LogP contribution in [0.4, 0.5) is 0 Å². The van der Waals surface area contributed by atoms with Crippen molar-refractivity contribution >= 4 is 28.3 Å². The van der Waals surface area contributed by atoms with E-state index in [1.165, 1.54) is 12.1 Å². The molecule has 8 nitrogen and oxygen atoms in total. The summed E-state index contributed by atoms with van der Waals surface area (Å²) in [4.78, 5) is 0.273. The number of aliphatic hydroxyl groups is 1. The van der Waals surface area contributed by atoms with E-state index in [1.54, 1.807) is 49.4 Å². The highest BCUT2D eigenvalue weighted by Gasteiger charge is 2.52. The van der Waals surface area contributed by atoms with Crippen molar-refractivity contribution in [1.29, 1.82) is 0 Å². The van der Waals surface area contributed by atoms with Crippen molar-refractivity contribution in [2.75, 3.05) is 12.4 Å². The molecule has 1 aliphatic heterocycles. The SMILES string of the molecule is Cc1ccc(S(=O)(=O)OC[C@@H](O[Si](C)(C)C(C)(C)C)[C@]2(C)CC[C@H]([C@@](C)(O)CCS(=O)(=O)c3ccccc3)O2)cc1. The van der Waals surface area contributed by atoms with Gasteiger partial charge in [-0.15, -0.1) is 0 Å². The summed E-state index contributed by atoms with van der Waals surface area (Å²) in [5.74, 6) is -0.234. The molecule has 1 N–H and O–H groups in total. The number of aryl methyl sites for hydroxylation is 1. The van der Waals surface area contributed by atoms with Gasteiger partial charge in [-0.2, -0.15) is 8.42 Å². The van der Waals surface area contributed by atoms with Gasteiger partial charge in [0.05, 0.1) is 45.6 Å². The van der Waals surface area contributed by atoms with E-state index in [4.69, 9.17) is 13.3 Å². The Morgan fingerprint density at radius 2 is 1.59 bits per heavy atom. The fourth-order valence-corrected chi connectivity index (χ4v) is 8.35. The summed E-state index contributed by atoms with van der Waals surface area (Å²) in [6, 6.07) is 14.6. The third kappa shape index (κ3) is 8.28. The van der Waals surface area contributed by atoms with Crippen LogP contribution in [0.3, 0.4) is 0 Å². The first-order chi connectivity index (χ1) is 18.7. The molecule has 3 rings (SSSR count). The Bertz CT molecular complexity index is 1380. The van der Waals surface area contributed by atoms with Crippen LogP contribution in [0.1, 0.15) is 59.4 Å². The lowest BCUT2D eigenvalue weighted by atomic mass is 9.91. The quantitative estimate of drug-likeness (QED) is 0.238. The van der Waals surface area contributed by atoms with Gasteiger partial charge < -0.3 is 14.3 Å². The van der Waals surface area contributed by atoms with Gasteiger partial charge in [-0.3, -0.25) is 4.18 Å². The number of hydrogen-bond acceptors (Lipinski definition) is 8. The Kier molecular flexibility index (Phi) is 10.1. The molecule has 41 heavy (non-hydrogen) atoms. The highest BCUT2D eigenvalue weighted by atomic mass is 32.2. The summed E-state index contributed by atoms with van der Waals surface area (Å²) in [5, 5.41) is 11.2. The van der Waals surface area contributed by atoms with Crippen LogP contribution in [0.5, 0.6) is 0 Å². The highest BCUT2D eigenvalue weighted by molar-refractivity contribution is 7.91. The molecule has 0 aliphatic carbocycles. The zero-order chi connectivity index (χ0) is 30.9. The van der Waals surface area contributed by atoms with Crippen LogP contribution in [0, 0.1) is 6.92 Å². The van der Waals surface area contributed by atoms with Crippen molar-refractivity contribution in [2.45, 2.75) is 112 Å². The summed E-state index contributed by atoms with van der Waals surface area (Å²) >= 11 is 0. The predicted molar refractivity (Wildman–Crippen MR) is 163 cm³/mol. The average molecular weight is 627 g/mol. The first-order valence-corrected chi connectivity index (χ1v) is 20.0. The number of benzene rings is 2. The molecule has 0 spiro atoms. The number of hydrogen-bond donors (Lipinski definition) is 1. The maximum atomic E-state index is 13.0. The third-order valence-electron chi connectivity index (χ3n) is 8.60. The summed E-state index contributed by atoms with van der Waals surface area (Å²) in [6.45, 7) is 15.5. The van der Waals surface area contributed by atoms with E-state index in [2.05, 4.69) is 33.9 Å². The number of ether oxygens (including phenoxy) is 1. The Balaban J connectivity index is 1.80. The van der Waals surface area contributed by atoms with Crippen LogP contribution >= 0.6 is 0 Å². The average Bonchev–Trinajstić information content (AvgIpc) is 3.30. The van der Waals surface area contributed by atoms with Crippen LogP contribution in [0.2, 0.25) is 18.1 Å². The standard InChI is InChI=1S/C30H46O8S2Si/c1-23-14-16-25(17-15-23)40(34,35)36-22-27(38-41(7,8)28(2,3)4)30(6)19-18-26(37-30)29(5,31)20-21-39(32,33)24-12-10-9-11-13-24/h9-17,26-27,31H,18-22H2,1-8H3/t26-,27-,29+,30+/m1/s1. The van der Waals surface area contributed by atoms with Gasteiger partial charge in [0.1, 0.15) is 0 Å². The molecule has 4 atom stereocenters. The molecule has 230 valence electrons. The van der Waals surface area contributed by atoms with E-state index in [-0.39, 0.29) is 33.6 Å². The van der Waals surface area contributed by atoms with Gasteiger partial charge in [0.15, 0.2) is 18.2 Å². The Morgan fingerprint density at radius 1 is 1.00 bits per heavy atom. The molecule has 0 bridgehead atoms. The fraction of sp³-hybridized carbons (Fsp3) is 0.600.